The van der Waals surface area contributed by atoms with Crippen LogP contribution in [0, 0.1) is 12.8 Å². The Bertz CT molecular complexity index is 856. The number of carbonyl (C=O) groups is 1. The maximum atomic E-state index is 10.9. The molecule has 0 amide bonds. The summed E-state index contributed by atoms with van der Waals surface area (Å²) >= 11 is 0. The van der Waals surface area contributed by atoms with Crippen molar-refractivity contribution >= 4 is 23.0 Å². The van der Waals surface area contributed by atoms with Gasteiger partial charge in [-0.3, -0.25) is 0 Å². The first kappa shape index (κ1) is 16.8. The van der Waals surface area contributed by atoms with Crippen LogP contribution < -0.4 is 19.6 Å². The molecule has 1 fully saturated rings. The van der Waals surface area contributed by atoms with Gasteiger partial charge in [-0.15, -0.1) is 0 Å². The lowest BCUT2D eigenvalue weighted by Gasteiger charge is -2.43. The van der Waals surface area contributed by atoms with Crippen molar-refractivity contribution in [2.45, 2.75) is 26.4 Å². The molecule has 5 nitrogen and oxygen atoms in total. The maximum Gasteiger partial charge on any atom is 0.144 e. The summed E-state index contributed by atoms with van der Waals surface area (Å²) in [6, 6.07) is 14.5. The molecule has 2 aliphatic heterocycles. The van der Waals surface area contributed by atoms with Crippen molar-refractivity contribution < 1.29 is 14.6 Å². The third kappa shape index (κ3) is 2.98. The molecule has 2 aromatic carbocycles. The van der Waals surface area contributed by atoms with Crippen molar-refractivity contribution in [1.82, 2.24) is 0 Å². The number of rotatable bonds is 3. The van der Waals surface area contributed by atoms with E-state index in [1.54, 1.807) is 0 Å². The van der Waals surface area contributed by atoms with E-state index < -0.39 is 5.97 Å². The SMILES string of the molecule is Cc1ccc2c(c1)OC(C)(C)CN2c1cccc(N2CC(C(=O)[O-])C2)c1. The molecule has 0 aliphatic carbocycles. The zero-order valence-corrected chi connectivity index (χ0v) is 15.4. The Morgan fingerprint density at radius 3 is 2.62 bits per heavy atom. The average molecular weight is 351 g/mol. The highest BCUT2D eigenvalue weighted by Gasteiger charge is 2.33. The monoisotopic (exact) mass is 351 g/mol. The standard InChI is InChI=1S/C21H24N2O3/c1-14-7-8-18-19(9-14)26-21(2,3)13-23(18)17-6-4-5-16(10-17)22-11-15(12-22)20(24)25/h4-10,15H,11-13H2,1-3H3,(H,24,25)/p-1. The summed E-state index contributed by atoms with van der Waals surface area (Å²) in [6.07, 6.45) is 0. The highest BCUT2D eigenvalue weighted by Crippen LogP contribution is 2.42. The molecular weight excluding hydrogens is 328 g/mol. The van der Waals surface area contributed by atoms with Crippen molar-refractivity contribution in [2.24, 2.45) is 5.92 Å². The second-order valence-corrected chi connectivity index (χ2v) is 7.86. The number of carboxylic acid groups (broad SMARTS) is 1. The Morgan fingerprint density at radius 1 is 1.15 bits per heavy atom. The van der Waals surface area contributed by atoms with Crippen LogP contribution >= 0.6 is 0 Å². The van der Waals surface area contributed by atoms with Gasteiger partial charge in [0.2, 0.25) is 0 Å². The van der Waals surface area contributed by atoms with Gasteiger partial charge in [-0.1, -0.05) is 12.1 Å². The summed E-state index contributed by atoms with van der Waals surface area (Å²) < 4.78 is 6.18. The van der Waals surface area contributed by atoms with Gasteiger partial charge in [0.1, 0.15) is 11.4 Å². The number of carbonyl (C=O) groups excluding carboxylic acids is 1. The Morgan fingerprint density at radius 2 is 1.88 bits per heavy atom. The summed E-state index contributed by atoms with van der Waals surface area (Å²) in [6.45, 7) is 8.01. The van der Waals surface area contributed by atoms with Crippen molar-refractivity contribution in [2.75, 3.05) is 29.4 Å². The quantitative estimate of drug-likeness (QED) is 0.850. The minimum absolute atomic E-state index is 0.298. The van der Waals surface area contributed by atoms with E-state index >= 15 is 0 Å². The second kappa shape index (κ2) is 5.94. The van der Waals surface area contributed by atoms with E-state index in [0.717, 1.165) is 29.4 Å². The predicted octanol–water partition coefficient (Wildman–Crippen LogP) is 2.49. The average Bonchev–Trinajstić information content (AvgIpc) is 2.51. The van der Waals surface area contributed by atoms with Crippen LogP contribution in [0.15, 0.2) is 42.5 Å². The van der Waals surface area contributed by atoms with E-state index in [1.165, 1.54) is 5.56 Å². The molecule has 2 heterocycles. The molecule has 0 bridgehead atoms. The number of aryl methyl sites for hydroxylation is 1. The normalized spacial score (nSPS) is 18.7. The van der Waals surface area contributed by atoms with E-state index in [2.05, 4.69) is 60.9 Å². The number of hydrogen-bond acceptors (Lipinski definition) is 5. The molecule has 0 saturated carbocycles. The number of benzene rings is 2. The van der Waals surface area contributed by atoms with Gasteiger partial charge in [-0.2, -0.15) is 0 Å². The number of hydrogen-bond donors (Lipinski definition) is 0. The Labute approximate surface area is 153 Å². The molecule has 0 spiro atoms. The van der Waals surface area contributed by atoms with Crippen LogP contribution in [0.2, 0.25) is 0 Å². The number of carboxylic acids is 1. The number of anilines is 3. The highest BCUT2D eigenvalue weighted by molar-refractivity contribution is 5.76. The number of fused-ring (bicyclic) bond motifs is 1. The maximum absolute atomic E-state index is 10.9. The van der Waals surface area contributed by atoms with Crippen LogP contribution in [-0.4, -0.2) is 31.2 Å². The first-order chi connectivity index (χ1) is 12.3. The molecule has 0 atom stereocenters. The molecule has 2 aromatic rings. The molecule has 0 aromatic heterocycles. The lowest BCUT2D eigenvalue weighted by molar-refractivity contribution is -0.312. The van der Waals surface area contributed by atoms with E-state index in [-0.39, 0.29) is 11.5 Å². The van der Waals surface area contributed by atoms with Crippen molar-refractivity contribution in [3.8, 4) is 5.75 Å². The fourth-order valence-corrected chi connectivity index (χ4v) is 3.65. The van der Waals surface area contributed by atoms with Crippen LogP contribution in [-0.2, 0) is 4.79 Å². The van der Waals surface area contributed by atoms with Crippen LogP contribution in [0.25, 0.3) is 0 Å². The fraction of sp³-hybridized carbons (Fsp3) is 0.381. The Kier molecular flexibility index (Phi) is 3.83. The van der Waals surface area contributed by atoms with Crippen molar-refractivity contribution in [3.63, 3.8) is 0 Å². The Balaban J connectivity index is 1.66. The molecule has 0 radical (unpaired) electrons. The molecule has 4 rings (SSSR count). The van der Waals surface area contributed by atoms with Crippen LogP contribution in [0.5, 0.6) is 5.75 Å². The lowest BCUT2D eigenvalue weighted by atomic mass is 9.99. The largest absolute Gasteiger partial charge is 0.550 e. The minimum atomic E-state index is -0.961. The van der Waals surface area contributed by atoms with Gasteiger partial charge < -0.3 is 24.4 Å². The molecule has 5 heteroatoms. The summed E-state index contributed by atoms with van der Waals surface area (Å²) in [5, 5.41) is 10.9. The van der Waals surface area contributed by atoms with E-state index in [9.17, 15) is 9.90 Å². The van der Waals surface area contributed by atoms with Gasteiger partial charge in [-0.05, 0) is 56.7 Å². The first-order valence-electron chi connectivity index (χ1n) is 8.95. The molecule has 26 heavy (non-hydrogen) atoms. The molecule has 1 saturated heterocycles. The summed E-state index contributed by atoms with van der Waals surface area (Å²) in [4.78, 5) is 15.3. The van der Waals surface area contributed by atoms with Crippen LogP contribution in [0.1, 0.15) is 19.4 Å². The van der Waals surface area contributed by atoms with Crippen LogP contribution in [0.3, 0.4) is 0 Å². The van der Waals surface area contributed by atoms with Gasteiger partial charge in [0, 0.05) is 36.4 Å². The van der Waals surface area contributed by atoms with Gasteiger partial charge in [-0.25, -0.2) is 0 Å². The van der Waals surface area contributed by atoms with Crippen molar-refractivity contribution in [1.29, 1.82) is 0 Å². The second-order valence-electron chi connectivity index (χ2n) is 7.86. The predicted molar refractivity (Wildman–Crippen MR) is 100 cm³/mol. The van der Waals surface area contributed by atoms with Gasteiger partial charge in [0.05, 0.1) is 12.2 Å². The third-order valence-electron chi connectivity index (χ3n) is 5.05. The van der Waals surface area contributed by atoms with Gasteiger partial charge in [0.15, 0.2) is 0 Å². The fourth-order valence-electron chi connectivity index (χ4n) is 3.65. The van der Waals surface area contributed by atoms with Gasteiger partial charge >= 0.3 is 0 Å². The molecule has 0 unspecified atom stereocenters. The number of nitrogens with zero attached hydrogens (tertiary/aromatic N) is 2. The number of aliphatic carboxylic acids is 1. The van der Waals surface area contributed by atoms with Crippen LogP contribution in [0.4, 0.5) is 17.1 Å². The first-order valence-corrected chi connectivity index (χ1v) is 8.95. The van der Waals surface area contributed by atoms with Crippen molar-refractivity contribution in [3.05, 3.63) is 48.0 Å². The third-order valence-corrected chi connectivity index (χ3v) is 5.05. The molecule has 0 N–H and O–H groups in total. The van der Waals surface area contributed by atoms with E-state index in [0.29, 0.717) is 13.1 Å². The smallest absolute Gasteiger partial charge is 0.144 e. The molecule has 136 valence electrons. The minimum Gasteiger partial charge on any atom is -0.550 e. The summed E-state index contributed by atoms with van der Waals surface area (Å²) in [5.74, 6) is -0.436. The summed E-state index contributed by atoms with van der Waals surface area (Å²) in [5.41, 5.74) is 4.05. The summed E-state index contributed by atoms with van der Waals surface area (Å²) in [7, 11) is 0. The van der Waals surface area contributed by atoms with E-state index in [4.69, 9.17) is 4.74 Å². The zero-order valence-electron chi connectivity index (χ0n) is 15.4. The molecular formula is C21H23N2O3-. The Hall–Kier alpha value is -2.69. The highest BCUT2D eigenvalue weighted by atomic mass is 16.5. The number of ether oxygens (including phenoxy) is 1. The lowest BCUT2D eigenvalue weighted by Crippen LogP contribution is -2.54. The van der Waals surface area contributed by atoms with Gasteiger partial charge in [0.25, 0.3) is 0 Å². The van der Waals surface area contributed by atoms with E-state index in [1.807, 2.05) is 12.1 Å². The molecule has 2 aliphatic rings. The zero-order chi connectivity index (χ0) is 18.5. The topological polar surface area (TPSA) is 55.8 Å².